The van der Waals surface area contributed by atoms with E-state index in [1.807, 2.05) is 12.1 Å². The van der Waals surface area contributed by atoms with Crippen LogP contribution in [0.3, 0.4) is 0 Å². The topological polar surface area (TPSA) is 50.9 Å². The van der Waals surface area contributed by atoms with Gasteiger partial charge in [0.2, 0.25) is 0 Å². The van der Waals surface area contributed by atoms with Crippen molar-refractivity contribution in [2.24, 2.45) is 5.84 Å². The summed E-state index contributed by atoms with van der Waals surface area (Å²) in [5.41, 5.74) is 3.84. The lowest BCUT2D eigenvalue weighted by molar-refractivity contribution is 0.499. The molecule has 1 heterocycles. The van der Waals surface area contributed by atoms with Gasteiger partial charge in [-0.05, 0) is 30.9 Å². The van der Waals surface area contributed by atoms with Crippen molar-refractivity contribution in [3.8, 4) is 0 Å². The zero-order valence-corrected chi connectivity index (χ0v) is 9.37. The van der Waals surface area contributed by atoms with Crippen LogP contribution in [0.25, 0.3) is 0 Å². The summed E-state index contributed by atoms with van der Waals surface area (Å²) in [6, 6.07) is 3.84. The highest BCUT2D eigenvalue weighted by Crippen LogP contribution is 2.18. The van der Waals surface area contributed by atoms with Crippen LogP contribution in [0.15, 0.2) is 31.0 Å². The third kappa shape index (κ3) is 4.00. The summed E-state index contributed by atoms with van der Waals surface area (Å²) in [5.74, 6) is 5.49. The normalized spacial score (nSPS) is 12.4. The van der Waals surface area contributed by atoms with Gasteiger partial charge in [0, 0.05) is 12.2 Å². The molecular weight excluding hydrogens is 210 g/mol. The Labute approximate surface area is 95.3 Å². The molecule has 0 aliphatic rings. The highest BCUT2D eigenvalue weighted by atomic mass is 35.5. The Morgan fingerprint density at radius 3 is 2.93 bits per heavy atom. The van der Waals surface area contributed by atoms with E-state index in [9.17, 15) is 0 Å². The van der Waals surface area contributed by atoms with Crippen molar-refractivity contribution in [1.29, 1.82) is 0 Å². The van der Waals surface area contributed by atoms with E-state index in [0.29, 0.717) is 5.15 Å². The molecule has 0 aliphatic heterocycles. The minimum Gasteiger partial charge on any atom is -0.271 e. The molecular formula is C11H16ClN3. The fraction of sp³-hybridized carbons (Fsp3) is 0.364. The fourth-order valence-electron chi connectivity index (χ4n) is 1.41. The summed E-state index contributed by atoms with van der Waals surface area (Å²) in [6.45, 7) is 3.69. The highest BCUT2D eigenvalue weighted by Gasteiger charge is 2.08. The van der Waals surface area contributed by atoms with Crippen LogP contribution < -0.4 is 11.3 Å². The molecule has 15 heavy (non-hydrogen) atoms. The average molecular weight is 226 g/mol. The second-order valence-corrected chi connectivity index (χ2v) is 3.74. The number of nitrogens with zero attached hydrogens (tertiary/aromatic N) is 1. The first-order chi connectivity index (χ1) is 7.27. The van der Waals surface area contributed by atoms with Crippen LogP contribution in [0.2, 0.25) is 5.15 Å². The highest BCUT2D eigenvalue weighted by molar-refractivity contribution is 6.29. The minimum atomic E-state index is 0.134. The number of unbranched alkanes of at least 4 members (excludes halogenated alkanes) is 1. The summed E-state index contributed by atoms with van der Waals surface area (Å²) in [6.07, 6.45) is 6.68. The molecule has 0 aromatic carbocycles. The molecule has 4 heteroatoms. The van der Waals surface area contributed by atoms with Gasteiger partial charge in [-0.15, -0.1) is 6.58 Å². The van der Waals surface area contributed by atoms with Gasteiger partial charge < -0.3 is 0 Å². The quantitative estimate of drug-likeness (QED) is 0.257. The molecule has 0 aliphatic carbocycles. The Balaban J connectivity index is 2.57. The van der Waals surface area contributed by atoms with Crippen LogP contribution in [-0.4, -0.2) is 4.98 Å². The first-order valence-corrected chi connectivity index (χ1v) is 5.34. The summed E-state index contributed by atoms with van der Waals surface area (Å²) in [7, 11) is 0. The molecule has 0 bridgehead atoms. The van der Waals surface area contributed by atoms with Gasteiger partial charge in [0.1, 0.15) is 5.15 Å². The first-order valence-electron chi connectivity index (χ1n) is 4.96. The Kier molecular flexibility index (Phi) is 5.32. The molecule has 0 fully saturated rings. The molecule has 1 atom stereocenters. The zero-order chi connectivity index (χ0) is 11.1. The molecule has 3 nitrogen and oxygen atoms in total. The summed E-state index contributed by atoms with van der Waals surface area (Å²) in [4.78, 5) is 4.03. The molecule has 0 saturated carbocycles. The second kappa shape index (κ2) is 6.56. The Hall–Kier alpha value is -0.900. The largest absolute Gasteiger partial charge is 0.271 e. The van der Waals surface area contributed by atoms with Crippen molar-refractivity contribution in [2.45, 2.75) is 25.3 Å². The number of nitrogens with one attached hydrogen (secondary N) is 1. The molecule has 0 amide bonds. The lowest BCUT2D eigenvalue weighted by Crippen LogP contribution is -2.28. The van der Waals surface area contributed by atoms with Crippen molar-refractivity contribution in [1.82, 2.24) is 10.4 Å². The van der Waals surface area contributed by atoms with E-state index >= 15 is 0 Å². The maximum absolute atomic E-state index is 5.71. The summed E-state index contributed by atoms with van der Waals surface area (Å²) < 4.78 is 0. The predicted molar refractivity (Wildman–Crippen MR) is 63.4 cm³/mol. The first kappa shape index (κ1) is 12.2. The van der Waals surface area contributed by atoms with Crippen LogP contribution >= 0.6 is 11.6 Å². The van der Waals surface area contributed by atoms with Crippen LogP contribution in [0.5, 0.6) is 0 Å². The molecule has 0 saturated heterocycles. The van der Waals surface area contributed by atoms with Gasteiger partial charge in [-0.25, -0.2) is 4.98 Å². The van der Waals surface area contributed by atoms with E-state index in [0.717, 1.165) is 24.8 Å². The van der Waals surface area contributed by atoms with E-state index in [2.05, 4.69) is 17.0 Å². The van der Waals surface area contributed by atoms with E-state index in [1.165, 1.54) is 0 Å². The minimum absolute atomic E-state index is 0.134. The molecule has 82 valence electrons. The molecule has 0 spiro atoms. The van der Waals surface area contributed by atoms with Crippen molar-refractivity contribution in [3.63, 3.8) is 0 Å². The maximum Gasteiger partial charge on any atom is 0.129 e. The van der Waals surface area contributed by atoms with Gasteiger partial charge in [0.15, 0.2) is 0 Å². The number of hydrazine groups is 1. The van der Waals surface area contributed by atoms with Crippen LogP contribution in [-0.2, 0) is 0 Å². The summed E-state index contributed by atoms with van der Waals surface area (Å²) in [5, 5.41) is 0.501. The molecule has 1 aromatic rings. The Morgan fingerprint density at radius 2 is 2.40 bits per heavy atom. The molecule has 1 unspecified atom stereocenters. The number of pyridine rings is 1. The van der Waals surface area contributed by atoms with Crippen molar-refractivity contribution in [2.75, 3.05) is 0 Å². The number of hydrogen-bond donors (Lipinski definition) is 2. The van der Waals surface area contributed by atoms with Gasteiger partial charge in [-0.2, -0.15) is 0 Å². The van der Waals surface area contributed by atoms with E-state index in [4.69, 9.17) is 17.4 Å². The number of rotatable bonds is 6. The summed E-state index contributed by atoms with van der Waals surface area (Å²) >= 11 is 5.71. The Bertz CT molecular complexity index is 297. The lowest BCUT2D eigenvalue weighted by Gasteiger charge is -2.15. The maximum atomic E-state index is 5.71. The van der Waals surface area contributed by atoms with Gasteiger partial charge in [0.25, 0.3) is 0 Å². The predicted octanol–water partition coefficient (Wildman–Crippen LogP) is 2.60. The average Bonchev–Trinajstić information content (AvgIpc) is 2.26. The second-order valence-electron chi connectivity index (χ2n) is 3.35. The van der Waals surface area contributed by atoms with Crippen molar-refractivity contribution in [3.05, 3.63) is 41.7 Å². The Morgan fingerprint density at radius 1 is 1.60 bits per heavy atom. The zero-order valence-electron chi connectivity index (χ0n) is 8.62. The lowest BCUT2D eigenvalue weighted by atomic mass is 10.0. The number of nitrogens with two attached hydrogens (primary N) is 1. The van der Waals surface area contributed by atoms with E-state index in [1.54, 1.807) is 12.3 Å². The SMILES string of the molecule is C=CCCCC(NN)c1ccc(Cl)nc1. The van der Waals surface area contributed by atoms with Crippen molar-refractivity contribution < 1.29 is 0 Å². The fourth-order valence-corrected chi connectivity index (χ4v) is 1.52. The molecule has 3 N–H and O–H groups in total. The van der Waals surface area contributed by atoms with Gasteiger partial charge in [0.05, 0.1) is 0 Å². The smallest absolute Gasteiger partial charge is 0.129 e. The molecule has 0 radical (unpaired) electrons. The van der Waals surface area contributed by atoms with Crippen LogP contribution in [0.1, 0.15) is 30.9 Å². The number of allylic oxidation sites excluding steroid dienone is 1. The monoisotopic (exact) mass is 225 g/mol. The van der Waals surface area contributed by atoms with Gasteiger partial charge >= 0.3 is 0 Å². The molecule has 1 rings (SSSR count). The van der Waals surface area contributed by atoms with Gasteiger partial charge in [-0.1, -0.05) is 23.7 Å². The van der Waals surface area contributed by atoms with Crippen LogP contribution in [0.4, 0.5) is 0 Å². The van der Waals surface area contributed by atoms with E-state index < -0.39 is 0 Å². The van der Waals surface area contributed by atoms with Crippen molar-refractivity contribution >= 4 is 11.6 Å². The number of aromatic nitrogens is 1. The third-order valence-electron chi connectivity index (χ3n) is 2.25. The number of hydrogen-bond acceptors (Lipinski definition) is 3. The third-order valence-corrected chi connectivity index (χ3v) is 2.48. The molecule has 1 aromatic heterocycles. The number of halogens is 1. The standard InChI is InChI=1S/C11H16ClN3/c1-2-3-4-5-10(15-13)9-6-7-11(12)14-8-9/h2,6-8,10,15H,1,3-5,13H2. The van der Waals surface area contributed by atoms with Gasteiger partial charge in [-0.3, -0.25) is 11.3 Å². The van der Waals surface area contributed by atoms with E-state index in [-0.39, 0.29) is 6.04 Å². The van der Waals surface area contributed by atoms with Crippen LogP contribution in [0, 0.1) is 0 Å².